The van der Waals surface area contributed by atoms with Gasteiger partial charge in [-0.05, 0) is 30.5 Å². The van der Waals surface area contributed by atoms with Gasteiger partial charge < -0.3 is 10.1 Å². The predicted octanol–water partition coefficient (Wildman–Crippen LogP) is 2.58. The summed E-state index contributed by atoms with van der Waals surface area (Å²) < 4.78 is 29.3. The quantitative estimate of drug-likeness (QED) is 0.615. The minimum Gasteiger partial charge on any atom is -0.381 e. The molecule has 0 saturated carbocycles. The Kier molecular flexibility index (Phi) is 9.21. The summed E-state index contributed by atoms with van der Waals surface area (Å²) in [6, 6.07) is 6.55. The van der Waals surface area contributed by atoms with Gasteiger partial charge in [0.2, 0.25) is 5.91 Å². The van der Waals surface area contributed by atoms with E-state index < -0.39 is 21.5 Å². The zero-order valence-electron chi connectivity index (χ0n) is 13.4. The lowest BCUT2D eigenvalue weighted by Crippen LogP contribution is -2.32. The minimum absolute atomic E-state index is 0.169. The Morgan fingerprint density at radius 1 is 1.17 bits per heavy atom. The van der Waals surface area contributed by atoms with E-state index in [0.717, 1.165) is 19.4 Å². The average molecular weight is 362 g/mol. The van der Waals surface area contributed by atoms with E-state index in [1.54, 1.807) is 24.3 Å². The first-order valence-electron chi connectivity index (χ1n) is 7.72. The fourth-order valence-electron chi connectivity index (χ4n) is 1.89. The van der Waals surface area contributed by atoms with E-state index in [9.17, 15) is 13.2 Å². The molecular formula is C16H24ClNO4S. The van der Waals surface area contributed by atoms with Gasteiger partial charge in [-0.2, -0.15) is 0 Å². The molecule has 0 spiro atoms. The molecule has 1 aromatic carbocycles. The molecule has 0 aliphatic heterocycles. The smallest absolute Gasteiger partial charge is 0.235 e. The third kappa shape index (κ3) is 9.58. The topological polar surface area (TPSA) is 72.5 Å². The highest BCUT2D eigenvalue weighted by Crippen LogP contribution is 2.12. The van der Waals surface area contributed by atoms with E-state index in [0.29, 0.717) is 30.2 Å². The highest BCUT2D eigenvalue weighted by Gasteiger charge is 2.17. The molecule has 0 atom stereocenters. The van der Waals surface area contributed by atoms with Crippen LogP contribution in [0.4, 0.5) is 0 Å². The van der Waals surface area contributed by atoms with Crippen LogP contribution in [0.2, 0.25) is 5.02 Å². The lowest BCUT2D eigenvalue weighted by molar-refractivity contribution is -0.118. The Bertz CT molecular complexity index is 572. The summed E-state index contributed by atoms with van der Waals surface area (Å²) in [5.41, 5.74) is 0.617. The van der Waals surface area contributed by atoms with E-state index in [2.05, 4.69) is 12.2 Å². The second-order valence-electron chi connectivity index (χ2n) is 5.33. The zero-order valence-corrected chi connectivity index (χ0v) is 15.0. The molecule has 0 aromatic heterocycles. The van der Waals surface area contributed by atoms with Crippen molar-refractivity contribution < 1.29 is 17.9 Å². The van der Waals surface area contributed by atoms with Gasteiger partial charge >= 0.3 is 0 Å². The molecule has 5 nitrogen and oxygen atoms in total. The number of rotatable bonds is 11. The molecule has 1 aromatic rings. The van der Waals surface area contributed by atoms with Gasteiger partial charge in [-0.3, -0.25) is 4.79 Å². The van der Waals surface area contributed by atoms with Gasteiger partial charge in [-0.1, -0.05) is 37.1 Å². The number of benzene rings is 1. The van der Waals surface area contributed by atoms with Crippen molar-refractivity contribution in [2.24, 2.45) is 0 Å². The van der Waals surface area contributed by atoms with Gasteiger partial charge in [0.05, 0.1) is 5.75 Å². The van der Waals surface area contributed by atoms with Crippen LogP contribution in [-0.2, 0) is 25.1 Å². The molecule has 23 heavy (non-hydrogen) atoms. The molecule has 130 valence electrons. The van der Waals surface area contributed by atoms with Crippen LogP contribution in [0, 0.1) is 0 Å². The largest absolute Gasteiger partial charge is 0.381 e. The fourth-order valence-corrected chi connectivity index (χ4v) is 3.32. The second-order valence-corrected chi connectivity index (χ2v) is 7.83. The molecule has 0 aliphatic carbocycles. The van der Waals surface area contributed by atoms with Crippen LogP contribution in [-0.4, -0.2) is 39.8 Å². The Hall–Kier alpha value is -1.11. The van der Waals surface area contributed by atoms with Crippen LogP contribution in [0.25, 0.3) is 0 Å². The van der Waals surface area contributed by atoms with Crippen LogP contribution in [0.5, 0.6) is 0 Å². The van der Waals surface area contributed by atoms with Crippen molar-refractivity contribution in [1.82, 2.24) is 5.32 Å². The number of unbranched alkanes of at least 4 members (excludes halogenated alkanes) is 1. The summed E-state index contributed by atoms with van der Waals surface area (Å²) in [5, 5.41) is 3.15. The molecular weight excluding hydrogens is 338 g/mol. The van der Waals surface area contributed by atoms with E-state index in [1.165, 1.54) is 0 Å². The van der Waals surface area contributed by atoms with Crippen LogP contribution in [0.3, 0.4) is 0 Å². The van der Waals surface area contributed by atoms with E-state index in [4.69, 9.17) is 16.3 Å². The van der Waals surface area contributed by atoms with Gasteiger partial charge in [0.15, 0.2) is 9.84 Å². The van der Waals surface area contributed by atoms with Crippen molar-refractivity contribution in [3.05, 3.63) is 34.9 Å². The number of hydrogen-bond donors (Lipinski definition) is 1. The SMILES string of the molecule is CCCCOCCCNC(=O)CS(=O)(=O)Cc1ccc(Cl)cc1. The molecule has 0 unspecified atom stereocenters. The Labute approximate surface area is 143 Å². The summed E-state index contributed by atoms with van der Waals surface area (Å²) in [7, 11) is -3.49. The summed E-state index contributed by atoms with van der Waals surface area (Å²) >= 11 is 5.75. The predicted molar refractivity (Wildman–Crippen MR) is 92.3 cm³/mol. The maximum Gasteiger partial charge on any atom is 0.235 e. The van der Waals surface area contributed by atoms with E-state index >= 15 is 0 Å². The Morgan fingerprint density at radius 3 is 2.48 bits per heavy atom. The summed E-state index contributed by atoms with van der Waals surface area (Å²) in [6.07, 6.45) is 2.78. The molecule has 1 rings (SSSR count). The summed E-state index contributed by atoms with van der Waals surface area (Å²) in [4.78, 5) is 11.7. The minimum atomic E-state index is -3.49. The Balaban J connectivity index is 2.25. The molecule has 0 saturated heterocycles. The number of carbonyl (C=O) groups is 1. The monoisotopic (exact) mass is 361 g/mol. The fraction of sp³-hybridized carbons (Fsp3) is 0.562. The van der Waals surface area contributed by atoms with Crippen LogP contribution >= 0.6 is 11.6 Å². The van der Waals surface area contributed by atoms with Gasteiger partial charge in [0.1, 0.15) is 5.75 Å². The lowest BCUT2D eigenvalue weighted by Gasteiger charge is -2.07. The van der Waals surface area contributed by atoms with Gasteiger partial charge in [0, 0.05) is 24.8 Å². The number of amides is 1. The molecule has 1 amide bonds. The van der Waals surface area contributed by atoms with Crippen molar-refractivity contribution in [3.63, 3.8) is 0 Å². The molecule has 0 fully saturated rings. The number of hydrogen-bond acceptors (Lipinski definition) is 4. The highest BCUT2D eigenvalue weighted by molar-refractivity contribution is 7.91. The standard InChI is InChI=1S/C16H24ClNO4S/c1-2-3-10-22-11-4-9-18-16(19)13-23(20,21)12-14-5-7-15(17)8-6-14/h5-8H,2-4,9-13H2,1H3,(H,18,19). The summed E-state index contributed by atoms with van der Waals surface area (Å²) in [6.45, 7) is 3.80. The number of nitrogens with one attached hydrogen (secondary N) is 1. The number of sulfone groups is 1. The van der Waals surface area contributed by atoms with Crippen molar-refractivity contribution in [3.8, 4) is 0 Å². The molecule has 0 radical (unpaired) electrons. The van der Waals surface area contributed by atoms with Crippen LogP contribution in [0.1, 0.15) is 31.7 Å². The number of halogens is 1. The van der Waals surface area contributed by atoms with Crippen molar-refractivity contribution in [1.29, 1.82) is 0 Å². The lowest BCUT2D eigenvalue weighted by atomic mass is 10.2. The van der Waals surface area contributed by atoms with Gasteiger partial charge in [0.25, 0.3) is 0 Å². The first-order chi connectivity index (χ1) is 10.9. The van der Waals surface area contributed by atoms with Gasteiger partial charge in [-0.15, -0.1) is 0 Å². The highest BCUT2D eigenvalue weighted by atomic mass is 35.5. The first-order valence-corrected chi connectivity index (χ1v) is 9.92. The zero-order chi connectivity index (χ0) is 17.1. The maximum atomic E-state index is 12.0. The third-order valence-corrected chi connectivity index (χ3v) is 4.81. The van der Waals surface area contributed by atoms with Crippen molar-refractivity contribution in [2.75, 3.05) is 25.5 Å². The molecule has 7 heteroatoms. The summed E-state index contributed by atoms with van der Waals surface area (Å²) in [5.74, 6) is -1.16. The van der Waals surface area contributed by atoms with Crippen molar-refractivity contribution in [2.45, 2.75) is 31.9 Å². The van der Waals surface area contributed by atoms with Crippen LogP contribution < -0.4 is 5.32 Å². The maximum absolute atomic E-state index is 12.0. The van der Waals surface area contributed by atoms with Gasteiger partial charge in [-0.25, -0.2) is 8.42 Å². The molecule has 0 bridgehead atoms. The molecule has 0 aliphatic rings. The molecule has 0 heterocycles. The van der Waals surface area contributed by atoms with Crippen LogP contribution in [0.15, 0.2) is 24.3 Å². The number of carbonyl (C=O) groups excluding carboxylic acids is 1. The Morgan fingerprint density at radius 2 is 1.83 bits per heavy atom. The normalized spacial score (nSPS) is 11.4. The van der Waals surface area contributed by atoms with E-state index in [-0.39, 0.29) is 5.75 Å². The third-order valence-electron chi connectivity index (χ3n) is 3.08. The van der Waals surface area contributed by atoms with Crippen molar-refractivity contribution >= 4 is 27.3 Å². The average Bonchev–Trinajstić information content (AvgIpc) is 2.48. The first kappa shape index (κ1) is 19.9. The number of ether oxygens (including phenoxy) is 1. The molecule has 1 N–H and O–H groups in total. The van der Waals surface area contributed by atoms with E-state index in [1.807, 2.05) is 0 Å². The second kappa shape index (κ2) is 10.6.